The molecule has 3 aliphatic carbocycles. The highest BCUT2D eigenvalue weighted by molar-refractivity contribution is 7.93. The molecule has 388 valence electrons. The lowest BCUT2D eigenvalue weighted by atomic mass is 9.93. The molecule has 3 heterocycles. The molecule has 2 saturated carbocycles. The third kappa shape index (κ3) is 9.62. The van der Waals surface area contributed by atoms with E-state index in [2.05, 4.69) is 20.5 Å². The maximum Gasteiger partial charge on any atom is 0.435 e. The second-order valence-corrected chi connectivity index (χ2v) is 23.7. The van der Waals surface area contributed by atoms with Gasteiger partial charge in [0, 0.05) is 40.6 Å². The number of amides is 2. The number of aromatic nitrogens is 5. The van der Waals surface area contributed by atoms with Crippen molar-refractivity contribution in [3.63, 3.8) is 0 Å². The summed E-state index contributed by atoms with van der Waals surface area (Å²) in [4.78, 5) is 45.1. The fraction of sp³-hybridized carbons (Fsp3) is 0.455. The van der Waals surface area contributed by atoms with Crippen LogP contribution in [-0.4, -0.2) is 87.7 Å². The Morgan fingerprint density at radius 2 is 1.56 bits per heavy atom. The molecule has 0 bridgehead atoms. The largest absolute Gasteiger partial charge is 0.480 e. The number of benzene rings is 2. The minimum atomic E-state index is -5.22. The Balaban J connectivity index is 1.35. The molecule has 0 radical (unpaired) electrons. The Labute approximate surface area is 407 Å². The number of aliphatic carboxylic acids is 1. The van der Waals surface area contributed by atoms with Gasteiger partial charge in [-0.1, -0.05) is 23.7 Å². The number of fused-ring (bicyclic) bond motifs is 4. The van der Waals surface area contributed by atoms with E-state index in [4.69, 9.17) is 11.6 Å². The third-order valence-corrected chi connectivity index (χ3v) is 16.7. The summed E-state index contributed by atoms with van der Waals surface area (Å²) < 4.78 is 198. The van der Waals surface area contributed by atoms with Gasteiger partial charge in [-0.3, -0.25) is 28.7 Å². The molecule has 15 nitrogen and oxygen atoms in total. The van der Waals surface area contributed by atoms with Crippen LogP contribution in [0.3, 0.4) is 0 Å². The van der Waals surface area contributed by atoms with Crippen molar-refractivity contribution in [2.24, 2.45) is 11.3 Å². The molecule has 5 aromatic rings. The molecular weight excluding hydrogens is 1040 g/mol. The van der Waals surface area contributed by atoms with E-state index in [1.54, 1.807) is 0 Å². The molecular formula is C44H40ClF10N7O8S2. The lowest BCUT2D eigenvalue weighted by Gasteiger charge is -2.25. The number of anilines is 1. The topological polar surface area (TPSA) is 204 Å². The molecule has 0 saturated heterocycles. The minimum absolute atomic E-state index is 0.0284. The molecule has 1 unspecified atom stereocenters. The number of hydrogen-bond donors (Lipinski definition) is 2. The fourth-order valence-corrected chi connectivity index (χ4v) is 10.7. The van der Waals surface area contributed by atoms with Crippen LogP contribution in [-0.2, 0) is 72.3 Å². The van der Waals surface area contributed by atoms with Gasteiger partial charge in [0.15, 0.2) is 21.3 Å². The van der Waals surface area contributed by atoms with Crippen LogP contribution in [0, 0.1) is 23.0 Å². The highest BCUT2D eigenvalue weighted by atomic mass is 35.5. The predicted octanol–water partition coefficient (Wildman–Crippen LogP) is 8.03. The van der Waals surface area contributed by atoms with E-state index in [0.29, 0.717) is 12.3 Å². The number of carbonyl (C=O) groups excluding carboxylic acids is 2. The van der Waals surface area contributed by atoms with Gasteiger partial charge in [-0.15, -0.1) is 0 Å². The van der Waals surface area contributed by atoms with Crippen LogP contribution in [0.25, 0.3) is 22.0 Å². The minimum Gasteiger partial charge on any atom is -0.480 e. The fourth-order valence-electron chi connectivity index (χ4n) is 9.06. The van der Waals surface area contributed by atoms with Gasteiger partial charge < -0.3 is 10.4 Å². The molecule has 0 aliphatic heterocycles. The molecule has 0 spiro atoms. The van der Waals surface area contributed by atoms with Crippen molar-refractivity contribution in [2.75, 3.05) is 16.8 Å². The van der Waals surface area contributed by atoms with Crippen LogP contribution in [0.4, 0.5) is 49.7 Å². The number of halogens is 11. The van der Waals surface area contributed by atoms with Crippen LogP contribution >= 0.6 is 11.6 Å². The quantitative estimate of drug-likeness (QED) is 0.0715. The smallest absolute Gasteiger partial charge is 0.435 e. The highest BCUT2D eigenvalue weighted by Crippen LogP contribution is 2.68. The summed E-state index contributed by atoms with van der Waals surface area (Å²) in [5, 5.41) is 18.5. The molecule has 2 N–H and O–H groups in total. The molecule has 3 aromatic heterocycles. The summed E-state index contributed by atoms with van der Waals surface area (Å²) in [6.45, 7) is -0.521. The number of hydrogen-bond acceptors (Lipinski definition) is 10. The van der Waals surface area contributed by atoms with Crippen molar-refractivity contribution < 1.29 is 80.2 Å². The van der Waals surface area contributed by atoms with Crippen LogP contribution in [0.15, 0.2) is 42.5 Å². The molecule has 2 amide bonds. The number of carbonyl (C=O) groups is 3. The van der Waals surface area contributed by atoms with Crippen molar-refractivity contribution in [2.45, 2.75) is 100 Å². The second kappa shape index (κ2) is 17.4. The number of sulfone groups is 1. The normalized spacial score (nSPS) is 18.7. The van der Waals surface area contributed by atoms with Crippen molar-refractivity contribution in [3.05, 3.63) is 93.0 Å². The zero-order valence-corrected chi connectivity index (χ0v) is 40.3. The van der Waals surface area contributed by atoms with Crippen LogP contribution < -0.4 is 9.62 Å². The highest BCUT2D eigenvalue weighted by Gasteiger charge is 2.68. The van der Waals surface area contributed by atoms with Crippen LogP contribution in [0.1, 0.15) is 85.4 Å². The summed E-state index contributed by atoms with van der Waals surface area (Å²) in [7, 11) is -8.69. The van der Waals surface area contributed by atoms with Gasteiger partial charge in [0.1, 0.15) is 35.8 Å². The second-order valence-electron chi connectivity index (χ2n) is 18.8. The van der Waals surface area contributed by atoms with E-state index in [1.165, 1.54) is 26.0 Å². The Hall–Kier alpha value is -5.83. The molecule has 2 aromatic carbocycles. The summed E-state index contributed by atoms with van der Waals surface area (Å²) in [5.74, 6) is -14.5. The number of nitrogens with one attached hydrogen (secondary N) is 1. The summed E-state index contributed by atoms with van der Waals surface area (Å²) >= 11 is 6.62. The van der Waals surface area contributed by atoms with Crippen LogP contribution in [0.2, 0.25) is 5.02 Å². The van der Waals surface area contributed by atoms with Gasteiger partial charge in [-0.2, -0.15) is 49.6 Å². The number of sulfonamides is 1. The Bertz CT molecular complexity index is 3320. The molecule has 8 rings (SSSR count). The Kier molecular flexibility index (Phi) is 12.7. The molecule has 28 heteroatoms. The van der Waals surface area contributed by atoms with Gasteiger partial charge >= 0.3 is 18.3 Å². The number of rotatable bonds is 16. The van der Waals surface area contributed by atoms with E-state index in [9.17, 15) is 71.4 Å². The van der Waals surface area contributed by atoms with Gasteiger partial charge in [0.2, 0.25) is 15.9 Å². The van der Waals surface area contributed by atoms with Gasteiger partial charge in [-0.25, -0.2) is 25.6 Å². The molecule has 3 aliphatic rings. The summed E-state index contributed by atoms with van der Waals surface area (Å²) in [6.07, 6.45) is -10.9. The Morgan fingerprint density at radius 1 is 0.931 bits per heavy atom. The van der Waals surface area contributed by atoms with E-state index < -0.39 is 159 Å². The van der Waals surface area contributed by atoms with Crippen molar-refractivity contribution in [1.29, 1.82) is 0 Å². The third-order valence-electron chi connectivity index (χ3n) is 13.2. The van der Waals surface area contributed by atoms with E-state index in [-0.39, 0.29) is 68.2 Å². The predicted molar refractivity (Wildman–Crippen MR) is 236 cm³/mol. The van der Waals surface area contributed by atoms with Crippen molar-refractivity contribution >= 4 is 66.0 Å². The zero-order valence-electron chi connectivity index (χ0n) is 37.9. The van der Waals surface area contributed by atoms with Crippen molar-refractivity contribution in [1.82, 2.24) is 29.9 Å². The first-order valence-electron chi connectivity index (χ1n) is 21.6. The first-order chi connectivity index (χ1) is 33.1. The monoisotopic (exact) mass is 1080 g/mol. The van der Waals surface area contributed by atoms with Crippen LogP contribution in [0.5, 0.6) is 0 Å². The lowest BCUT2D eigenvalue weighted by molar-refractivity contribution is -0.148. The average Bonchev–Trinajstić information content (AvgIpc) is 4.13. The molecule has 2 fully saturated rings. The standard InChI is InChI=1S/C44H40ClF10N7O8S2/c1-40(2,71(3,67)68)10-9-23-5-6-24(25-7-8-28(45)32-34(25)61(19-42(48,49)50)59-37(32)62(72(4,69)70)38(64)41(11-12-41)39(65)66)33(56-23)29(15-20-13-21(46)16-22(47)14-20)57-30(63)18-60-36-31(35(58-60)44(53,54)55)26-17-27(26)43(36,51)52/h5-8,13-14,16,26-27,29H,9-12,15,17-19H2,1-4H3,(H,57,63)(H,65,66)/t26-,27?,29-/m0/s1. The SMILES string of the molecule is CC(C)(CCc1ccc(-c2ccc(Cl)c3c(N(C(=O)C4(C(=O)O)CC4)S(C)(=O)=O)nn(CC(F)(F)F)c23)c([C@H](Cc2cc(F)cc(F)c2)NC(=O)Cn2nc(C(F)(F)F)c3c2C(F)(F)C2C[C@H]32)n1)S(C)(=O)=O. The van der Waals surface area contributed by atoms with Gasteiger partial charge in [-0.05, 0) is 88.1 Å². The Morgan fingerprint density at radius 3 is 2.11 bits per heavy atom. The molecule has 3 atom stereocenters. The number of carboxylic acid groups (broad SMARTS) is 1. The first kappa shape index (κ1) is 52.5. The number of aryl methyl sites for hydroxylation is 1. The van der Waals surface area contributed by atoms with E-state index >= 15 is 8.78 Å². The summed E-state index contributed by atoms with van der Waals surface area (Å²) in [5.41, 5.74) is -7.81. The first-order valence-corrected chi connectivity index (χ1v) is 25.7. The number of pyridine rings is 1. The van der Waals surface area contributed by atoms with Crippen molar-refractivity contribution in [3.8, 4) is 11.1 Å². The lowest BCUT2D eigenvalue weighted by Crippen LogP contribution is -2.44. The van der Waals surface area contributed by atoms with E-state index in [1.807, 2.05) is 0 Å². The van der Waals surface area contributed by atoms with Gasteiger partial charge in [0.05, 0.1) is 38.7 Å². The maximum atomic E-state index is 15.6. The van der Waals surface area contributed by atoms with E-state index in [0.717, 1.165) is 30.5 Å². The molecule has 72 heavy (non-hydrogen) atoms. The summed E-state index contributed by atoms with van der Waals surface area (Å²) in [6, 6.07) is 5.00. The number of alkyl halides is 8. The van der Waals surface area contributed by atoms with Gasteiger partial charge in [0.25, 0.3) is 11.8 Å². The number of carboxylic acids is 1. The number of nitrogens with zero attached hydrogens (tertiary/aromatic N) is 6. The average molecular weight is 1080 g/mol. The zero-order chi connectivity index (χ0) is 53.2. The maximum absolute atomic E-state index is 15.6.